The predicted molar refractivity (Wildman–Crippen MR) is 117 cm³/mol. The van der Waals surface area contributed by atoms with Gasteiger partial charge in [0.15, 0.2) is 5.69 Å². The van der Waals surface area contributed by atoms with E-state index >= 15 is 0 Å². The topological polar surface area (TPSA) is 81.1 Å². The van der Waals surface area contributed by atoms with E-state index in [2.05, 4.69) is 20.9 Å². The molecule has 1 amide bonds. The fraction of sp³-hybridized carbons (Fsp3) is 0.318. The summed E-state index contributed by atoms with van der Waals surface area (Å²) in [5, 5.41) is 14.6. The Morgan fingerprint density at radius 1 is 1.13 bits per heavy atom. The second kappa shape index (κ2) is 10.2. The van der Waals surface area contributed by atoms with Crippen molar-refractivity contribution in [2.75, 3.05) is 13.1 Å². The third kappa shape index (κ3) is 5.17. The SMILES string of the molecule is Cc1c(C(=O)NCc2cccc(Oc3ccccc3)c2)nnn1C1CCNCC1.Cl. The van der Waals surface area contributed by atoms with Crippen molar-refractivity contribution in [2.24, 2.45) is 0 Å². The number of ether oxygens (including phenoxy) is 1. The van der Waals surface area contributed by atoms with E-state index in [0.717, 1.165) is 48.7 Å². The van der Waals surface area contributed by atoms with E-state index < -0.39 is 0 Å². The number of para-hydroxylation sites is 1. The molecule has 2 heterocycles. The molecule has 30 heavy (non-hydrogen) atoms. The molecule has 1 aliphatic heterocycles. The van der Waals surface area contributed by atoms with Crippen LogP contribution in [0.5, 0.6) is 11.5 Å². The third-order valence-corrected chi connectivity index (χ3v) is 5.13. The lowest BCUT2D eigenvalue weighted by Gasteiger charge is -2.23. The lowest BCUT2D eigenvalue weighted by molar-refractivity contribution is 0.0945. The van der Waals surface area contributed by atoms with E-state index in [-0.39, 0.29) is 18.3 Å². The van der Waals surface area contributed by atoms with Crippen molar-refractivity contribution in [3.8, 4) is 11.5 Å². The minimum atomic E-state index is -0.211. The molecule has 7 nitrogen and oxygen atoms in total. The zero-order valence-electron chi connectivity index (χ0n) is 16.9. The summed E-state index contributed by atoms with van der Waals surface area (Å²) in [6.07, 6.45) is 2.00. The van der Waals surface area contributed by atoms with Gasteiger partial charge in [-0.2, -0.15) is 0 Å². The van der Waals surface area contributed by atoms with Crippen molar-refractivity contribution in [2.45, 2.75) is 32.4 Å². The molecule has 3 aromatic rings. The fourth-order valence-electron chi connectivity index (χ4n) is 3.56. The van der Waals surface area contributed by atoms with Crippen LogP contribution >= 0.6 is 12.4 Å². The molecule has 0 saturated carbocycles. The first-order chi connectivity index (χ1) is 14.2. The number of halogens is 1. The Kier molecular flexibility index (Phi) is 7.43. The summed E-state index contributed by atoms with van der Waals surface area (Å²) in [5.41, 5.74) is 2.16. The van der Waals surface area contributed by atoms with Gasteiger partial charge in [0.1, 0.15) is 11.5 Å². The molecule has 4 rings (SSSR count). The van der Waals surface area contributed by atoms with Gasteiger partial charge in [0.05, 0.1) is 11.7 Å². The maximum Gasteiger partial charge on any atom is 0.274 e. The van der Waals surface area contributed by atoms with Crippen LogP contribution in [0.3, 0.4) is 0 Å². The quantitative estimate of drug-likeness (QED) is 0.627. The van der Waals surface area contributed by atoms with E-state index in [9.17, 15) is 4.79 Å². The van der Waals surface area contributed by atoms with Crippen LogP contribution in [0, 0.1) is 6.92 Å². The minimum absolute atomic E-state index is 0. The Balaban J connectivity index is 0.00000256. The number of nitrogens with zero attached hydrogens (tertiary/aromatic N) is 3. The van der Waals surface area contributed by atoms with E-state index in [0.29, 0.717) is 18.3 Å². The Hall–Kier alpha value is -2.90. The molecular weight excluding hydrogens is 402 g/mol. The van der Waals surface area contributed by atoms with Gasteiger partial charge in [0.2, 0.25) is 0 Å². The molecule has 0 unspecified atom stereocenters. The number of hydrogen-bond acceptors (Lipinski definition) is 5. The monoisotopic (exact) mass is 427 g/mol. The molecule has 2 aromatic carbocycles. The Bertz CT molecular complexity index is 971. The van der Waals surface area contributed by atoms with Crippen molar-refractivity contribution >= 4 is 18.3 Å². The highest BCUT2D eigenvalue weighted by molar-refractivity contribution is 5.93. The maximum absolute atomic E-state index is 12.6. The number of hydrogen-bond donors (Lipinski definition) is 2. The van der Waals surface area contributed by atoms with Crippen LogP contribution in [0.4, 0.5) is 0 Å². The summed E-state index contributed by atoms with van der Waals surface area (Å²) in [4.78, 5) is 12.6. The van der Waals surface area contributed by atoms with Gasteiger partial charge in [-0.15, -0.1) is 17.5 Å². The molecule has 0 spiro atoms. The normalized spacial score (nSPS) is 14.0. The second-order valence-electron chi connectivity index (χ2n) is 7.19. The predicted octanol–water partition coefficient (Wildman–Crippen LogP) is 3.66. The highest BCUT2D eigenvalue weighted by atomic mass is 35.5. The number of benzene rings is 2. The number of nitrogens with one attached hydrogen (secondary N) is 2. The molecule has 8 heteroatoms. The van der Waals surface area contributed by atoms with Crippen LogP contribution in [-0.4, -0.2) is 34.0 Å². The molecule has 158 valence electrons. The van der Waals surface area contributed by atoms with Gasteiger partial charge in [-0.05, 0) is 62.7 Å². The molecule has 0 radical (unpaired) electrons. The average Bonchev–Trinajstić information content (AvgIpc) is 3.15. The smallest absolute Gasteiger partial charge is 0.274 e. The first-order valence-electron chi connectivity index (χ1n) is 9.93. The Labute approximate surface area is 182 Å². The summed E-state index contributed by atoms with van der Waals surface area (Å²) >= 11 is 0. The molecular formula is C22H26ClN5O2. The van der Waals surface area contributed by atoms with Gasteiger partial charge in [0, 0.05) is 6.54 Å². The number of carbonyl (C=O) groups excluding carboxylic acids is 1. The number of aromatic nitrogens is 3. The first-order valence-corrected chi connectivity index (χ1v) is 9.93. The van der Waals surface area contributed by atoms with Crippen molar-refractivity contribution < 1.29 is 9.53 Å². The van der Waals surface area contributed by atoms with Crippen LogP contribution < -0.4 is 15.4 Å². The van der Waals surface area contributed by atoms with Crippen molar-refractivity contribution in [3.05, 3.63) is 71.5 Å². The minimum Gasteiger partial charge on any atom is -0.457 e. The van der Waals surface area contributed by atoms with Crippen LogP contribution in [0.15, 0.2) is 54.6 Å². The van der Waals surface area contributed by atoms with E-state index in [1.807, 2.05) is 66.2 Å². The molecule has 2 N–H and O–H groups in total. The molecule has 1 fully saturated rings. The van der Waals surface area contributed by atoms with Crippen LogP contribution in [-0.2, 0) is 6.54 Å². The van der Waals surface area contributed by atoms with Gasteiger partial charge < -0.3 is 15.4 Å². The van der Waals surface area contributed by atoms with Gasteiger partial charge in [-0.3, -0.25) is 4.79 Å². The molecule has 1 saturated heterocycles. The lowest BCUT2D eigenvalue weighted by atomic mass is 10.1. The number of amides is 1. The van der Waals surface area contributed by atoms with Gasteiger partial charge in [0.25, 0.3) is 5.91 Å². The van der Waals surface area contributed by atoms with Crippen molar-refractivity contribution in [3.63, 3.8) is 0 Å². The van der Waals surface area contributed by atoms with E-state index in [1.54, 1.807) is 0 Å². The van der Waals surface area contributed by atoms with E-state index in [1.165, 1.54) is 0 Å². The second-order valence-corrected chi connectivity index (χ2v) is 7.19. The Morgan fingerprint density at radius 2 is 1.87 bits per heavy atom. The first kappa shape index (κ1) is 21.8. The van der Waals surface area contributed by atoms with Gasteiger partial charge >= 0.3 is 0 Å². The van der Waals surface area contributed by atoms with Crippen LogP contribution in [0.25, 0.3) is 0 Å². The lowest BCUT2D eigenvalue weighted by Crippen LogP contribution is -2.30. The standard InChI is InChI=1S/C22H25N5O2.ClH/c1-16-21(25-26-27(16)18-10-12-23-13-11-18)22(28)24-15-17-6-5-9-20(14-17)29-19-7-3-2-4-8-19;/h2-9,14,18,23H,10-13,15H2,1H3,(H,24,28);1H. The largest absolute Gasteiger partial charge is 0.457 e. The zero-order valence-corrected chi connectivity index (χ0v) is 17.7. The van der Waals surface area contributed by atoms with Crippen molar-refractivity contribution in [1.29, 1.82) is 0 Å². The average molecular weight is 428 g/mol. The number of piperidine rings is 1. The highest BCUT2D eigenvalue weighted by Crippen LogP contribution is 2.22. The van der Waals surface area contributed by atoms with E-state index in [4.69, 9.17) is 4.74 Å². The third-order valence-electron chi connectivity index (χ3n) is 5.13. The van der Waals surface area contributed by atoms with Gasteiger partial charge in [-0.1, -0.05) is 35.5 Å². The summed E-state index contributed by atoms with van der Waals surface area (Å²) in [7, 11) is 0. The molecule has 0 atom stereocenters. The fourth-order valence-corrected chi connectivity index (χ4v) is 3.56. The molecule has 0 bridgehead atoms. The van der Waals surface area contributed by atoms with Crippen LogP contribution in [0.2, 0.25) is 0 Å². The van der Waals surface area contributed by atoms with Gasteiger partial charge in [-0.25, -0.2) is 4.68 Å². The van der Waals surface area contributed by atoms with Crippen molar-refractivity contribution in [1.82, 2.24) is 25.6 Å². The number of carbonyl (C=O) groups is 1. The molecule has 0 aliphatic carbocycles. The molecule has 1 aromatic heterocycles. The summed E-state index contributed by atoms with van der Waals surface area (Å²) in [6, 6.07) is 17.6. The summed E-state index contributed by atoms with van der Waals surface area (Å²) in [6.45, 7) is 4.23. The summed E-state index contributed by atoms with van der Waals surface area (Å²) in [5.74, 6) is 1.30. The maximum atomic E-state index is 12.6. The zero-order chi connectivity index (χ0) is 20.1. The number of rotatable bonds is 6. The highest BCUT2D eigenvalue weighted by Gasteiger charge is 2.22. The molecule has 1 aliphatic rings. The Morgan fingerprint density at radius 3 is 2.63 bits per heavy atom. The van der Waals surface area contributed by atoms with Crippen LogP contribution in [0.1, 0.15) is 40.6 Å². The summed E-state index contributed by atoms with van der Waals surface area (Å²) < 4.78 is 7.75.